The summed E-state index contributed by atoms with van der Waals surface area (Å²) in [6, 6.07) is 2.96. The number of benzene rings is 1. The second-order valence-electron chi connectivity index (χ2n) is 5.15. The molecule has 6 nitrogen and oxygen atoms in total. The highest BCUT2D eigenvalue weighted by Crippen LogP contribution is 2.29. The predicted molar refractivity (Wildman–Crippen MR) is 78.1 cm³/mol. The molecular formula is C15H15F4N3O3. The lowest BCUT2D eigenvalue weighted by atomic mass is 10.1. The average Bonchev–Trinajstić information content (AvgIpc) is 3.04. The molecule has 1 N–H and O–H groups in total. The normalized spacial score (nSPS) is 12.9. The Balaban J connectivity index is 2.20. The topological polar surface area (TPSA) is 77.2 Å². The van der Waals surface area contributed by atoms with Crippen LogP contribution in [0.2, 0.25) is 0 Å². The Bertz CT molecular complexity index is 746. The van der Waals surface area contributed by atoms with Crippen LogP contribution in [-0.4, -0.2) is 35.8 Å². The quantitative estimate of drug-likeness (QED) is 0.801. The molecule has 2 aromatic rings. The first-order valence-corrected chi connectivity index (χ1v) is 7.26. The van der Waals surface area contributed by atoms with E-state index >= 15 is 0 Å². The summed E-state index contributed by atoms with van der Waals surface area (Å²) in [5, 5.41) is 5.77. The number of amides is 1. The third-order valence-corrected chi connectivity index (χ3v) is 3.34. The molecule has 2 rings (SSSR count). The Morgan fingerprint density at radius 1 is 1.40 bits per heavy atom. The number of nitrogens with one attached hydrogen (secondary N) is 1. The Hall–Kier alpha value is -2.49. The van der Waals surface area contributed by atoms with Crippen LogP contribution in [0, 0.1) is 5.82 Å². The number of hydrogen-bond donors (Lipinski definition) is 1. The highest BCUT2D eigenvalue weighted by Gasteiger charge is 2.38. The third-order valence-electron chi connectivity index (χ3n) is 3.34. The largest absolute Gasteiger partial charge is 0.471 e. The van der Waals surface area contributed by atoms with Gasteiger partial charge in [-0.3, -0.25) is 4.79 Å². The first-order chi connectivity index (χ1) is 11.8. The van der Waals surface area contributed by atoms with Crippen LogP contribution in [0.1, 0.15) is 29.6 Å². The summed E-state index contributed by atoms with van der Waals surface area (Å²) in [5.41, 5.74) is -0.296. The standard InChI is InChI=1S/C15H15F4N3O3/c1-3-9(7-24-2)20-13(23)10-5-4-8(6-11(10)16)12-21-14(25-22-12)15(17,18)19/h4-6,9H,3,7H2,1-2H3,(H,20,23). The van der Waals surface area contributed by atoms with Crippen LogP contribution in [0.15, 0.2) is 22.7 Å². The second kappa shape index (κ2) is 7.60. The maximum atomic E-state index is 14.2. The number of alkyl halides is 3. The van der Waals surface area contributed by atoms with E-state index in [1.807, 2.05) is 6.92 Å². The molecule has 0 spiro atoms. The minimum Gasteiger partial charge on any atom is -0.383 e. The molecule has 1 unspecified atom stereocenters. The molecule has 1 aromatic heterocycles. The van der Waals surface area contributed by atoms with Gasteiger partial charge in [-0.2, -0.15) is 18.2 Å². The Morgan fingerprint density at radius 3 is 2.64 bits per heavy atom. The van der Waals surface area contributed by atoms with Gasteiger partial charge in [0.15, 0.2) is 0 Å². The minimum atomic E-state index is -4.79. The summed E-state index contributed by atoms with van der Waals surface area (Å²) in [6.45, 7) is 2.10. The Kier molecular flexibility index (Phi) is 5.73. The maximum absolute atomic E-state index is 14.2. The highest BCUT2D eigenvalue weighted by molar-refractivity contribution is 5.95. The number of methoxy groups -OCH3 is 1. The van der Waals surface area contributed by atoms with Crippen molar-refractivity contribution in [3.8, 4) is 11.4 Å². The van der Waals surface area contributed by atoms with Gasteiger partial charge in [-0.1, -0.05) is 18.1 Å². The van der Waals surface area contributed by atoms with Crippen LogP contribution < -0.4 is 5.32 Å². The molecule has 0 fully saturated rings. The van der Waals surface area contributed by atoms with E-state index in [-0.39, 0.29) is 23.8 Å². The van der Waals surface area contributed by atoms with E-state index in [9.17, 15) is 22.4 Å². The van der Waals surface area contributed by atoms with E-state index in [1.54, 1.807) is 0 Å². The van der Waals surface area contributed by atoms with Crippen LogP contribution in [0.5, 0.6) is 0 Å². The lowest BCUT2D eigenvalue weighted by Crippen LogP contribution is -2.37. The summed E-state index contributed by atoms with van der Waals surface area (Å²) in [6.07, 6.45) is -4.21. The molecule has 1 amide bonds. The smallest absolute Gasteiger partial charge is 0.383 e. The van der Waals surface area contributed by atoms with Gasteiger partial charge < -0.3 is 14.6 Å². The Morgan fingerprint density at radius 2 is 2.12 bits per heavy atom. The molecule has 1 aromatic carbocycles. The molecule has 0 bridgehead atoms. The number of ether oxygens (including phenoxy) is 1. The number of halogens is 4. The molecular weight excluding hydrogens is 346 g/mol. The fourth-order valence-corrected chi connectivity index (χ4v) is 2.02. The van der Waals surface area contributed by atoms with Crippen molar-refractivity contribution < 1.29 is 31.6 Å². The van der Waals surface area contributed by atoms with Crippen molar-refractivity contribution >= 4 is 5.91 Å². The molecule has 136 valence electrons. The number of hydrogen-bond acceptors (Lipinski definition) is 5. The van der Waals surface area contributed by atoms with Crippen molar-refractivity contribution in [2.45, 2.75) is 25.6 Å². The van der Waals surface area contributed by atoms with E-state index in [0.717, 1.165) is 12.1 Å². The first kappa shape index (κ1) is 18.8. The van der Waals surface area contributed by atoms with Crippen LogP contribution in [-0.2, 0) is 10.9 Å². The average molecular weight is 361 g/mol. The second-order valence-corrected chi connectivity index (χ2v) is 5.15. The third kappa shape index (κ3) is 4.53. The van der Waals surface area contributed by atoms with Gasteiger partial charge in [0, 0.05) is 12.7 Å². The van der Waals surface area contributed by atoms with E-state index in [1.165, 1.54) is 13.2 Å². The summed E-state index contributed by atoms with van der Waals surface area (Å²) in [5.74, 6) is -3.53. The zero-order valence-corrected chi connectivity index (χ0v) is 13.4. The summed E-state index contributed by atoms with van der Waals surface area (Å²) in [7, 11) is 1.48. The van der Waals surface area contributed by atoms with Crippen LogP contribution in [0.3, 0.4) is 0 Å². The number of rotatable bonds is 6. The van der Waals surface area contributed by atoms with Gasteiger partial charge in [0.1, 0.15) is 5.82 Å². The fraction of sp³-hybridized carbons (Fsp3) is 0.400. The number of nitrogens with zero attached hydrogens (tertiary/aromatic N) is 2. The molecule has 25 heavy (non-hydrogen) atoms. The Labute approximate surface area is 140 Å². The van der Waals surface area contributed by atoms with Crippen molar-refractivity contribution in [3.05, 3.63) is 35.5 Å². The number of carbonyl (C=O) groups excluding carboxylic acids is 1. The van der Waals surface area contributed by atoms with Crippen molar-refractivity contribution in [3.63, 3.8) is 0 Å². The van der Waals surface area contributed by atoms with Gasteiger partial charge in [0.05, 0.1) is 18.2 Å². The van der Waals surface area contributed by atoms with E-state index in [2.05, 4.69) is 20.0 Å². The molecule has 10 heteroatoms. The van der Waals surface area contributed by atoms with Crippen molar-refractivity contribution in [1.29, 1.82) is 0 Å². The number of aromatic nitrogens is 2. The fourth-order valence-electron chi connectivity index (χ4n) is 2.02. The lowest BCUT2D eigenvalue weighted by molar-refractivity contribution is -0.159. The predicted octanol–water partition coefficient (Wildman–Crippen LogP) is 3.05. The maximum Gasteiger partial charge on any atom is 0.471 e. The monoisotopic (exact) mass is 361 g/mol. The molecule has 0 aliphatic carbocycles. The zero-order valence-electron chi connectivity index (χ0n) is 13.4. The van der Waals surface area contributed by atoms with Crippen molar-refractivity contribution in [2.75, 3.05) is 13.7 Å². The lowest BCUT2D eigenvalue weighted by Gasteiger charge is -2.16. The van der Waals surface area contributed by atoms with Crippen molar-refractivity contribution in [1.82, 2.24) is 15.5 Å². The molecule has 1 heterocycles. The van der Waals surface area contributed by atoms with E-state index in [0.29, 0.717) is 6.42 Å². The van der Waals surface area contributed by atoms with E-state index < -0.39 is 29.6 Å². The van der Waals surface area contributed by atoms with E-state index in [4.69, 9.17) is 4.74 Å². The van der Waals surface area contributed by atoms with Crippen LogP contribution >= 0.6 is 0 Å². The number of carbonyl (C=O) groups is 1. The molecule has 0 aliphatic rings. The van der Waals surface area contributed by atoms with Gasteiger partial charge in [-0.05, 0) is 18.6 Å². The molecule has 0 aliphatic heterocycles. The first-order valence-electron chi connectivity index (χ1n) is 7.26. The van der Waals surface area contributed by atoms with Gasteiger partial charge in [-0.15, -0.1) is 0 Å². The van der Waals surface area contributed by atoms with Gasteiger partial charge in [0.25, 0.3) is 5.91 Å². The van der Waals surface area contributed by atoms with Crippen LogP contribution in [0.4, 0.5) is 17.6 Å². The molecule has 1 atom stereocenters. The van der Waals surface area contributed by atoms with Crippen molar-refractivity contribution in [2.24, 2.45) is 0 Å². The van der Waals surface area contributed by atoms with Gasteiger partial charge in [-0.25, -0.2) is 4.39 Å². The summed E-state index contributed by atoms with van der Waals surface area (Å²) >= 11 is 0. The SMILES string of the molecule is CCC(COC)NC(=O)c1ccc(-c2noc(C(F)(F)F)n2)cc1F. The van der Waals surface area contributed by atoms with Crippen LogP contribution in [0.25, 0.3) is 11.4 Å². The highest BCUT2D eigenvalue weighted by atomic mass is 19.4. The van der Waals surface area contributed by atoms with Gasteiger partial charge in [0.2, 0.25) is 5.82 Å². The minimum absolute atomic E-state index is 0.0442. The summed E-state index contributed by atoms with van der Waals surface area (Å²) < 4.78 is 60.6. The molecule has 0 radical (unpaired) electrons. The summed E-state index contributed by atoms with van der Waals surface area (Å²) in [4.78, 5) is 15.3. The van der Waals surface area contributed by atoms with Gasteiger partial charge >= 0.3 is 12.1 Å². The molecule has 0 saturated carbocycles. The molecule has 0 saturated heterocycles. The zero-order chi connectivity index (χ0) is 18.6.